The van der Waals surface area contributed by atoms with Gasteiger partial charge in [0.25, 0.3) is 0 Å². The summed E-state index contributed by atoms with van der Waals surface area (Å²) in [5, 5.41) is 18.0. The minimum Gasteiger partial charge on any atom is -0.377 e. The number of aliphatic hydroxyl groups is 1. The van der Waals surface area contributed by atoms with E-state index in [2.05, 4.69) is 0 Å². The SMILES string of the molecule is N#Cc1cccc2c1C(=O)C(=O)C(O)C2=O. The summed E-state index contributed by atoms with van der Waals surface area (Å²) in [6.45, 7) is 0. The van der Waals surface area contributed by atoms with Crippen molar-refractivity contribution in [2.24, 2.45) is 0 Å². The Morgan fingerprint density at radius 2 is 1.88 bits per heavy atom. The highest BCUT2D eigenvalue weighted by atomic mass is 16.3. The molecule has 1 aliphatic carbocycles. The van der Waals surface area contributed by atoms with Crippen LogP contribution in [0.5, 0.6) is 0 Å². The number of Topliss-reactive ketones (excluding diaryl/α,β-unsaturated/α-hetero) is 3. The van der Waals surface area contributed by atoms with Gasteiger partial charge in [0.15, 0.2) is 11.9 Å². The molecule has 1 aromatic rings. The lowest BCUT2D eigenvalue weighted by Gasteiger charge is -2.17. The third kappa shape index (κ3) is 1.17. The van der Waals surface area contributed by atoms with Gasteiger partial charge in [0.2, 0.25) is 11.6 Å². The van der Waals surface area contributed by atoms with Crippen molar-refractivity contribution in [3.05, 3.63) is 34.9 Å². The van der Waals surface area contributed by atoms with Crippen LogP contribution in [0.1, 0.15) is 26.3 Å². The Morgan fingerprint density at radius 3 is 2.50 bits per heavy atom. The Hall–Kier alpha value is -2.32. The molecule has 0 saturated carbocycles. The van der Waals surface area contributed by atoms with Crippen LogP contribution in [0, 0.1) is 11.3 Å². The number of hydrogen-bond acceptors (Lipinski definition) is 5. The number of nitriles is 1. The average Bonchev–Trinajstić information content (AvgIpc) is 2.32. The van der Waals surface area contributed by atoms with E-state index in [1.165, 1.54) is 18.2 Å². The third-order valence-electron chi connectivity index (χ3n) is 2.40. The van der Waals surface area contributed by atoms with Gasteiger partial charge < -0.3 is 5.11 Å². The van der Waals surface area contributed by atoms with E-state index in [0.717, 1.165) is 0 Å². The van der Waals surface area contributed by atoms with Gasteiger partial charge in [0, 0.05) is 5.56 Å². The quantitative estimate of drug-likeness (QED) is 0.480. The highest BCUT2D eigenvalue weighted by Crippen LogP contribution is 2.22. The van der Waals surface area contributed by atoms with Crippen molar-refractivity contribution in [2.45, 2.75) is 6.10 Å². The van der Waals surface area contributed by atoms with Crippen LogP contribution in [0.2, 0.25) is 0 Å². The first-order valence-electron chi connectivity index (χ1n) is 4.42. The number of carbonyl (C=O) groups is 3. The maximum atomic E-state index is 11.5. The van der Waals surface area contributed by atoms with Gasteiger partial charge in [-0.3, -0.25) is 14.4 Å². The van der Waals surface area contributed by atoms with Crippen LogP contribution < -0.4 is 0 Å². The number of aliphatic hydroxyl groups excluding tert-OH is 1. The van der Waals surface area contributed by atoms with Crippen LogP contribution in [0.4, 0.5) is 0 Å². The molecule has 16 heavy (non-hydrogen) atoms. The van der Waals surface area contributed by atoms with Crippen molar-refractivity contribution >= 4 is 17.3 Å². The third-order valence-corrected chi connectivity index (χ3v) is 2.40. The normalized spacial score (nSPS) is 19.2. The molecule has 1 atom stereocenters. The zero-order chi connectivity index (χ0) is 11.9. The van der Waals surface area contributed by atoms with E-state index in [9.17, 15) is 19.5 Å². The van der Waals surface area contributed by atoms with E-state index in [0.29, 0.717) is 0 Å². The van der Waals surface area contributed by atoms with E-state index >= 15 is 0 Å². The summed E-state index contributed by atoms with van der Waals surface area (Å²) in [5.74, 6) is -3.00. The number of benzene rings is 1. The Balaban J connectivity index is 2.79. The molecular formula is C11H5NO4. The molecule has 0 bridgehead atoms. The fourth-order valence-electron chi connectivity index (χ4n) is 1.61. The molecule has 0 heterocycles. The zero-order valence-corrected chi connectivity index (χ0v) is 7.93. The van der Waals surface area contributed by atoms with Crippen molar-refractivity contribution in [1.82, 2.24) is 0 Å². The molecule has 1 N–H and O–H groups in total. The Morgan fingerprint density at radius 1 is 1.19 bits per heavy atom. The summed E-state index contributed by atoms with van der Waals surface area (Å²) in [6, 6.07) is 5.81. The van der Waals surface area contributed by atoms with Crippen molar-refractivity contribution < 1.29 is 19.5 Å². The smallest absolute Gasteiger partial charge is 0.239 e. The molecule has 1 unspecified atom stereocenters. The highest BCUT2D eigenvalue weighted by Gasteiger charge is 2.40. The summed E-state index contributed by atoms with van der Waals surface area (Å²) >= 11 is 0. The molecule has 0 spiro atoms. The number of fused-ring (bicyclic) bond motifs is 1. The van der Waals surface area contributed by atoms with Gasteiger partial charge >= 0.3 is 0 Å². The van der Waals surface area contributed by atoms with Crippen LogP contribution in [-0.2, 0) is 4.79 Å². The molecule has 0 aliphatic heterocycles. The van der Waals surface area contributed by atoms with Gasteiger partial charge in [-0.1, -0.05) is 12.1 Å². The molecular weight excluding hydrogens is 210 g/mol. The standard InChI is InChI=1S/C11H5NO4/c12-4-5-2-1-3-6-7(5)9(14)11(16)10(15)8(6)13/h1-3,10,15H. The van der Waals surface area contributed by atoms with Crippen LogP contribution in [0.15, 0.2) is 18.2 Å². The van der Waals surface area contributed by atoms with E-state index in [1.807, 2.05) is 0 Å². The van der Waals surface area contributed by atoms with Crippen molar-refractivity contribution in [3.8, 4) is 6.07 Å². The fraction of sp³-hybridized carbons (Fsp3) is 0.0909. The predicted molar refractivity (Wildman–Crippen MR) is 50.8 cm³/mol. The largest absolute Gasteiger partial charge is 0.377 e. The Bertz CT molecular complexity index is 568. The number of ketones is 3. The van der Waals surface area contributed by atoms with Gasteiger partial charge in [0.1, 0.15) is 0 Å². The minimum atomic E-state index is -1.94. The lowest BCUT2D eigenvalue weighted by Crippen LogP contribution is -2.41. The molecule has 5 heteroatoms. The van der Waals surface area contributed by atoms with Crippen molar-refractivity contribution in [1.29, 1.82) is 5.26 Å². The Labute approximate surface area is 89.9 Å². The van der Waals surface area contributed by atoms with Gasteiger partial charge in [-0.25, -0.2) is 0 Å². The van der Waals surface area contributed by atoms with E-state index in [1.54, 1.807) is 6.07 Å². The first-order chi connectivity index (χ1) is 7.57. The number of hydrogen-bond donors (Lipinski definition) is 1. The second-order valence-electron chi connectivity index (χ2n) is 3.30. The maximum Gasteiger partial charge on any atom is 0.239 e. The summed E-state index contributed by atoms with van der Waals surface area (Å²) in [5.41, 5.74) is -0.308. The van der Waals surface area contributed by atoms with Crippen LogP contribution in [-0.4, -0.2) is 28.6 Å². The molecule has 1 aromatic carbocycles. The molecule has 0 aromatic heterocycles. The number of rotatable bonds is 0. The molecule has 5 nitrogen and oxygen atoms in total. The second kappa shape index (κ2) is 3.36. The fourth-order valence-corrected chi connectivity index (χ4v) is 1.61. The van der Waals surface area contributed by atoms with Crippen molar-refractivity contribution in [2.75, 3.05) is 0 Å². The highest BCUT2D eigenvalue weighted by molar-refractivity contribution is 6.53. The number of nitrogens with zero attached hydrogens (tertiary/aromatic N) is 1. The van der Waals surface area contributed by atoms with Crippen LogP contribution in [0.25, 0.3) is 0 Å². The van der Waals surface area contributed by atoms with Crippen LogP contribution in [0.3, 0.4) is 0 Å². The molecule has 2 rings (SSSR count). The van der Waals surface area contributed by atoms with Gasteiger partial charge in [-0.2, -0.15) is 5.26 Å². The van der Waals surface area contributed by atoms with Crippen LogP contribution >= 0.6 is 0 Å². The summed E-state index contributed by atoms with van der Waals surface area (Å²) in [6.07, 6.45) is -1.94. The second-order valence-corrected chi connectivity index (χ2v) is 3.30. The predicted octanol–water partition coefficient (Wildman–Crippen LogP) is -0.133. The van der Waals surface area contributed by atoms with E-state index in [4.69, 9.17) is 5.26 Å². The Kier molecular flexibility index (Phi) is 2.15. The lowest BCUT2D eigenvalue weighted by atomic mass is 9.84. The molecule has 0 saturated heterocycles. The summed E-state index contributed by atoms with van der Waals surface area (Å²) < 4.78 is 0. The molecule has 78 valence electrons. The molecule has 0 amide bonds. The summed E-state index contributed by atoms with van der Waals surface area (Å²) in [7, 11) is 0. The van der Waals surface area contributed by atoms with Gasteiger partial charge in [0.05, 0.1) is 17.2 Å². The molecule has 0 fully saturated rings. The maximum absolute atomic E-state index is 11.5. The zero-order valence-electron chi connectivity index (χ0n) is 7.93. The van der Waals surface area contributed by atoms with Gasteiger partial charge in [-0.05, 0) is 6.07 Å². The van der Waals surface area contributed by atoms with Gasteiger partial charge in [-0.15, -0.1) is 0 Å². The van der Waals surface area contributed by atoms with E-state index < -0.39 is 23.5 Å². The van der Waals surface area contributed by atoms with E-state index in [-0.39, 0.29) is 16.7 Å². The topological polar surface area (TPSA) is 95.2 Å². The molecule has 1 aliphatic rings. The average molecular weight is 215 g/mol. The first kappa shape index (κ1) is 10.2. The first-order valence-corrected chi connectivity index (χ1v) is 4.42. The number of carbonyl (C=O) groups excluding carboxylic acids is 3. The monoisotopic (exact) mass is 215 g/mol. The summed E-state index contributed by atoms with van der Waals surface area (Å²) in [4.78, 5) is 34.3. The molecule has 0 radical (unpaired) electrons. The lowest BCUT2D eigenvalue weighted by molar-refractivity contribution is -0.120. The minimum absolute atomic E-state index is 0.0314. The van der Waals surface area contributed by atoms with Crippen molar-refractivity contribution in [3.63, 3.8) is 0 Å².